The first-order valence-electron chi connectivity index (χ1n) is 7.83. The second kappa shape index (κ2) is 7.65. The van der Waals surface area contributed by atoms with E-state index in [0.29, 0.717) is 6.42 Å². The fraction of sp³-hybridized carbons (Fsp3) is 0.875. The van der Waals surface area contributed by atoms with Gasteiger partial charge in [-0.1, -0.05) is 52.9 Å². The lowest BCUT2D eigenvalue weighted by Gasteiger charge is -2.28. The van der Waals surface area contributed by atoms with E-state index in [1.54, 1.807) is 0 Å². The highest BCUT2D eigenvalue weighted by Gasteiger charge is 2.32. The van der Waals surface area contributed by atoms with Crippen LogP contribution in [0.25, 0.3) is 0 Å². The van der Waals surface area contributed by atoms with Gasteiger partial charge in [0.05, 0.1) is 0 Å². The molecule has 0 unspecified atom stereocenters. The van der Waals surface area contributed by atoms with Gasteiger partial charge in [0, 0.05) is 6.42 Å². The fourth-order valence-electron chi connectivity index (χ4n) is 2.91. The van der Waals surface area contributed by atoms with E-state index >= 15 is 0 Å². The van der Waals surface area contributed by atoms with Gasteiger partial charge in [-0.15, -0.1) is 0 Å². The molecule has 116 valence electrons. The molecule has 4 heteroatoms. The molecule has 0 aromatic heterocycles. The number of hydrogen-bond acceptors (Lipinski definition) is 2. The molecule has 2 N–H and O–H groups in total. The highest BCUT2D eigenvalue weighted by atomic mass is 16.4. The summed E-state index contributed by atoms with van der Waals surface area (Å²) in [6, 6.07) is -0.815. The zero-order chi connectivity index (χ0) is 15.2. The number of nitrogens with one attached hydrogen (secondary N) is 1. The van der Waals surface area contributed by atoms with Crippen LogP contribution in [0.2, 0.25) is 0 Å². The molecular formula is C16H29NO3. The number of amides is 1. The summed E-state index contributed by atoms with van der Waals surface area (Å²) in [5, 5.41) is 11.8. The van der Waals surface area contributed by atoms with Crippen LogP contribution in [0.15, 0.2) is 0 Å². The highest BCUT2D eigenvalue weighted by molar-refractivity contribution is 5.84. The van der Waals surface area contributed by atoms with Gasteiger partial charge in [0.25, 0.3) is 0 Å². The molecule has 0 aromatic carbocycles. The molecule has 1 rings (SSSR count). The standard InChI is InChI=1S/C16H29NO3/c1-16(2,3)14(15(19)20)17-13(18)11-7-10-12-8-5-4-6-9-12/h12,14H,4-11H2,1-3H3,(H,17,18)(H,19,20)/t14-/m0/s1. The Morgan fingerprint density at radius 3 is 2.30 bits per heavy atom. The van der Waals surface area contributed by atoms with Crippen molar-refractivity contribution in [1.29, 1.82) is 0 Å². The summed E-state index contributed by atoms with van der Waals surface area (Å²) in [6.45, 7) is 5.48. The zero-order valence-electron chi connectivity index (χ0n) is 13.1. The lowest BCUT2D eigenvalue weighted by atomic mass is 9.85. The van der Waals surface area contributed by atoms with Gasteiger partial charge in [0.2, 0.25) is 5.91 Å². The van der Waals surface area contributed by atoms with Crippen LogP contribution in [-0.4, -0.2) is 23.0 Å². The number of rotatable bonds is 6. The van der Waals surface area contributed by atoms with E-state index in [1.807, 2.05) is 20.8 Å². The Morgan fingerprint density at radius 1 is 1.20 bits per heavy atom. The van der Waals surface area contributed by atoms with E-state index < -0.39 is 17.4 Å². The van der Waals surface area contributed by atoms with Crippen LogP contribution in [0.1, 0.15) is 72.1 Å². The maximum absolute atomic E-state index is 11.9. The average Bonchev–Trinajstić information content (AvgIpc) is 2.35. The van der Waals surface area contributed by atoms with E-state index in [4.69, 9.17) is 0 Å². The Labute approximate surface area is 122 Å². The lowest BCUT2D eigenvalue weighted by molar-refractivity contribution is -0.145. The molecular weight excluding hydrogens is 254 g/mol. The molecule has 1 atom stereocenters. The van der Waals surface area contributed by atoms with Crippen molar-refractivity contribution in [2.24, 2.45) is 11.3 Å². The first-order valence-corrected chi connectivity index (χ1v) is 7.83. The minimum Gasteiger partial charge on any atom is -0.480 e. The third-order valence-electron chi connectivity index (χ3n) is 4.16. The minimum absolute atomic E-state index is 0.136. The lowest BCUT2D eigenvalue weighted by Crippen LogP contribution is -2.49. The second-order valence-electron chi connectivity index (χ2n) is 7.10. The molecule has 0 saturated heterocycles. The van der Waals surface area contributed by atoms with Crippen molar-refractivity contribution >= 4 is 11.9 Å². The van der Waals surface area contributed by atoms with Gasteiger partial charge in [-0.05, 0) is 24.2 Å². The van der Waals surface area contributed by atoms with E-state index in [2.05, 4.69) is 5.32 Å². The molecule has 1 aliphatic rings. The number of carboxylic acid groups (broad SMARTS) is 1. The molecule has 0 heterocycles. The molecule has 1 amide bonds. The summed E-state index contributed by atoms with van der Waals surface area (Å²) >= 11 is 0. The molecule has 4 nitrogen and oxygen atoms in total. The normalized spacial score (nSPS) is 18.6. The summed E-state index contributed by atoms with van der Waals surface area (Å²) in [5.74, 6) is -0.323. The number of aliphatic carboxylic acids is 1. The predicted octanol–water partition coefficient (Wildman–Crippen LogP) is 3.35. The number of carbonyl (C=O) groups is 2. The van der Waals surface area contributed by atoms with Crippen LogP contribution in [0, 0.1) is 11.3 Å². The van der Waals surface area contributed by atoms with Crippen molar-refractivity contribution in [2.45, 2.75) is 78.2 Å². The Hall–Kier alpha value is -1.06. The van der Waals surface area contributed by atoms with E-state index in [1.165, 1.54) is 32.1 Å². The summed E-state index contributed by atoms with van der Waals surface area (Å²) in [7, 11) is 0. The molecule has 0 aliphatic heterocycles. The van der Waals surface area contributed by atoms with E-state index in [9.17, 15) is 14.7 Å². The SMILES string of the molecule is CC(C)(C)[C@@H](NC(=O)CCCC1CCCCC1)C(=O)O. The van der Waals surface area contributed by atoms with Crippen molar-refractivity contribution in [3.05, 3.63) is 0 Å². The summed E-state index contributed by atoms with van der Waals surface area (Å²) in [6.07, 6.45) is 8.99. The van der Waals surface area contributed by atoms with Gasteiger partial charge in [-0.25, -0.2) is 4.79 Å². The molecule has 0 spiro atoms. The predicted molar refractivity (Wildman–Crippen MR) is 79.4 cm³/mol. The summed E-state index contributed by atoms with van der Waals surface area (Å²) in [5.41, 5.74) is -0.467. The van der Waals surface area contributed by atoms with Crippen LogP contribution < -0.4 is 5.32 Å². The first kappa shape index (κ1) is 17.0. The van der Waals surface area contributed by atoms with E-state index in [0.717, 1.165) is 18.8 Å². The van der Waals surface area contributed by atoms with Crippen molar-refractivity contribution in [1.82, 2.24) is 5.32 Å². The smallest absolute Gasteiger partial charge is 0.326 e. The minimum atomic E-state index is -0.960. The number of carbonyl (C=O) groups excluding carboxylic acids is 1. The van der Waals surface area contributed by atoms with Gasteiger partial charge >= 0.3 is 5.97 Å². The third-order valence-corrected chi connectivity index (χ3v) is 4.16. The number of carboxylic acids is 1. The van der Waals surface area contributed by atoms with Gasteiger partial charge in [-0.3, -0.25) is 4.79 Å². The third kappa shape index (κ3) is 5.93. The molecule has 1 aliphatic carbocycles. The van der Waals surface area contributed by atoms with Crippen molar-refractivity contribution < 1.29 is 14.7 Å². The molecule has 0 bridgehead atoms. The molecule has 0 radical (unpaired) electrons. The summed E-state index contributed by atoms with van der Waals surface area (Å²) < 4.78 is 0. The zero-order valence-corrected chi connectivity index (χ0v) is 13.1. The largest absolute Gasteiger partial charge is 0.480 e. The van der Waals surface area contributed by atoms with Gasteiger partial charge < -0.3 is 10.4 Å². The van der Waals surface area contributed by atoms with Gasteiger partial charge in [-0.2, -0.15) is 0 Å². The van der Waals surface area contributed by atoms with E-state index in [-0.39, 0.29) is 5.91 Å². The maximum atomic E-state index is 11.9. The molecule has 20 heavy (non-hydrogen) atoms. The van der Waals surface area contributed by atoms with Gasteiger partial charge in [0.15, 0.2) is 0 Å². The van der Waals surface area contributed by atoms with Crippen LogP contribution in [0.4, 0.5) is 0 Å². The average molecular weight is 283 g/mol. The Morgan fingerprint density at radius 2 is 1.80 bits per heavy atom. The van der Waals surface area contributed by atoms with Crippen LogP contribution in [0.3, 0.4) is 0 Å². The van der Waals surface area contributed by atoms with Crippen LogP contribution >= 0.6 is 0 Å². The maximum Gasteiger partial charge on any atom is 0.326 e. The molecule has 1 fully saturated rings. The van der Waals surface area contributed by atoms with Gasteiger partial charge in [0.1, 0.15) is 6.04 Å². The first-order chi connectivity index (χ1) is 9.30. The monoisotopic (exact) mass is 283 g/mol. The Bertz CT molecular complexity index is 327. The summed E-state index contributed by atoms with van der Waals surface area (Å²) in [4.78, 5) is 23.1. The van der Waals surface area contributed by atoms with Crippen LogP contribution in [0.5, 0.6) is 0 Å². The highest BCUT2D eigenvalue weighted by Crippen LogP contribution is 2.27. The van der Waals surface area contributed by atoms with Crippen molar-refractivity contribution in [3.8, 4) is 0 Å². The molecule has 1 saturated carbocycles. The van der Waals surface area contributed by atoms with Crippen molar-refractivity contribution in [2.75, 3.05) is 0 Å². The Kier molecular flexibility index (Phi) is 6.50. The topological polar surface area (TPSA) is 66.4 Å². The van der Waals surface area contributed by atoms with Crippen molar-refractivity contribution in [3.63, 3.8) is 0 Å². The Balaban J connectivity index is 2.29. The molecule has 0 aromatic rings. The van der Waals surface area contributed by atoms with Crippen LogP contribution in [-0.2, 0) is 9.59 Å². The second-order valence-corrected chi connectivity index (χ2v) is 7.10. The fourth-order valence-corrected chi connectivity index (χ4v) is 2.91. The quantitative estimate of drug-likeness (QED) is 0.785. The number of hydrogen-bond donors (Lipinski definition) is 2.